The Hall–Kier alpha value is -3.16. The molecule has 2 aromatic carbocycles. The zero-order valence-corrected chi connectivity index (χ0v) is 21.1. The van der Waals surface area contributed by atoms with Crippen molar-refractivity contribution in [1.29, 1.82) is 0 Å². The Morgan fingerprint density at radius 1 is 0.842 bits per heavy atom. The van der Waals surface area contributed by atoms with Gasteiger partial charge in [0.25, 0.3) is 0 Å². The number of alkyl halides is 3. The molecular weight excluding hydrogens is 491 g/mol. The molecule has 2 heterocycles. The molecule has 4 bridgehead atoms. The van der Waals surface area contributed by atoms with Crippen molar-refractivity contribution in [2.45, 2.75) is 74.9 Å². The fourth-order valence-corrected chi connectivity index (χ4v) is 8.24. The molecule has 1 N–H and O–H groups in total. The van der Waals surface area contributed by atoms with E-state index < -0.39 is 12.1 Å². The number of hydrogen-bond donors (Lipinski definition) is 1. The third kappa shape index (κ3) is 4.52. The van der Waals surface area contributed by atoms with E-state index in [0.717, 1.165) is 30.6 Å². The molecule has 1 aromatic heterocycles. The van der Waals surface area contributed by atoms with E-state index in [2.05, 4.69) is 65.2 Å². The fourth-order valence-electron chi connectivity index (χ4n) is 8.24. The Labute approximate surface area is 220 Å². The van der Waals surface area contributed by atoms with Crippen LogP contribution < -0.4 is 0 Å². The van der Waals surface area contributed by atoms with Crippen molar-refractivity contribution >= 4 is 5.97 Å². The molecule has 4 saturated carbocycles. The van der Waals surface area contributed by atoms with Crippen LogP contribution in [0.2, 0.25) is 0 Å². The van der Waals surface area contributed by atoms with Gasteiger partial charge in [-0.1, -0.05) is 60.7 Å². The van der Waals surface area contributed by atoms with Crippen LogP contribution in [0.1, 0.15) is 79.7 Å². The van der Waals surface area contributed by atoms with Gasteiger partial charge in [-0.05, 0) is 73.8 Å². The van der Waals surface area contributed by atoms with E-state index in [9.17, 15) is 13.2 Å². The van der Waals surface area contributed by atoms with Gasteiger partial charge in [-0.15, -0.1) is 10.2 Å². The van der Waals surface area contributed by atoms with Crippen molar-refractivity contribution in [1.82, 2.24) is 14.8 Å². The first-order valence-corrected chi connectivity index (χ1v) is 13.6. The number of rotatable bonds is 3. The van der Waals surface area contributed by atoms with Crippen LogP contribution in [0.5, 0.6) is 0 Å². The molecule has 8 heteroatoms. The lowest BCUT2D eigenvalue weighted by Gasteiger charge is -2.56. The van der Waals surface area contributed by atoms with E-state index in [4.69, 9.17) is 20.1 Å². The van der Waals surface area contributed by atoms with Gasteiger partial charge < -0.3 is 9.67 Å². The quantitative estimate of drug-likeness (QED) is 0.415. The number of fused-ring (bicyclic) bond motifs is 1. The summed E-state index contributed by atoms with van der Waals surface area (Å²) in [5, 5.41) is 17.0. The SMILES string of the molecule is O=C(O)C(F)(F)F.c1ccc(C2CCc3nnc(C45CC6CC(CC(C6)C4)C5)n3C2c2ccccc2)cc1. The Kier molecular flexibility index (Phi) is 6.31. The predicted molar refractivity (Wildman–Crippen MR) is 136 cm³/mol. The van der Waals surface area contributed by atoms with E-state index >= 15 is 0 Å². The van der Waals surface area contributed by atoms with E-state index in [1.165, 1.54) is 61.3 Å². The molecule has 1 aliphatic heterocycles. The van der Waals surface area contributed by atoms with Crippen LogP contribution in [-0.2, 0) is 16.6 Å². The minimum atomic E-state index is -5.08. The maximum absolute atomic E-state index is 10.6. The number of halogens is 3. The zero-order chi connectivity index (χ0) is 26.5. The second kappa shape index (κ2) is 9.54. The number of carboxylic acids is 1. The molecule has 5 aliphatic rings. The zero-order valence-electron chi connectivity index (χ0n) is 21.1. The summed E-state index contributed by atoms with van der Waals surface area (Å²) >= 11 is 0. The second-order valence-corrected chi connectivity index (χ2v) is 11.7. The summed E-state index contributed by atoms with van der Waals surface area (Å²) in [6.07, 6.45) is 5.52. The Bertz CT molecular complexity index is 1250. The highest BCUT2D eigenvalue weighted by Crippen LogP contribution is 2.61. The van der Waals surface area contributed by atoms with Gasteiger partial charge in [0.05, 0.1) is 6.04 Å². The number of aryl methyl sites for hydroxylation is 1. The number of aliphatic carboxylic acids is 1. The van der Waals surface area contributed by atoms with Crippen LogP contribution in [-0.4, -0.2) is 32.0 Å². The van der Waals surface area contributed by atoms with Gasteiger partial charge in [0.2, 0.25) is 0 Å². The number of aromatic nitrogens is 3. The van der Waals surface area contributed by atoms with Crippen molar-refractivity contribution in [2.24, 2.45) is 17.8 Å². The normalized spacial score (nSPS) is 31.3. The molecular formula is C30H32F3N3O2. The van der Waals surface area contributed by atoms with Gasteiger partial charge >= 0.3 is 12.1 Å². The standard InChI is InChI=1S/C28H31N3.C2HF3O2/c1-3-7-22(8-4-1)24-11-12-25-29-30-27(31(25)26(24)23-9-5-2-6-10-23)28-16-19-13-20(17-28)15-21(14-19)18-28;3-2(4,5)1(6)7/h1-10,19-21,24,26H,11-18H2;(H,6,7). The van der Waals surface area contributed by atoms with Crippen LogP contribution in [0, 0.1) is 17.8 Å². The molecule has 5 nitrogen and oxygen atoms in total. The minimum Gasteiger partial charge on any atom is -0.475 e. The smallest absolute Gasteiger partial charge is 0.475 e. The summed E-state index contributed by atoms with van der Waals surface area (Å²) in [6, 6.07) is 22.6. The predicted octanol–water partition coefficient (Wildman–Crippen LogP) is 6.70. The highest BCUT2D eigenvalue weighted by molar-refractivity contribution is 5.73. The maximum atomic E-state index is 10.6. The molecule has 200 valence electrons. The molecule has 4 fully saturated rings. The monoisotopic (exact) mass is 523 g/mol. The van der Waals surface area contributed by atoms with Crippen LogP contribution in [0.25, 0.3) is 0 Å². The van der Waals surface area contributed by atoms with Gasteiger partial charge in [-0.2, -0.15) is 13.2 Å². The van der Waals surface area contributed by atoms with Gasteiger partial charge in [-0.3, -0.25) is 0 Å². The van der Waals surface area contributed by atoms with Crippen molar-refractivity contribution < 1.29 is 23.1 Å². The van der Waals surface area contributed by atoms with E-state index in [1.54, 1.807) is 0 Å². The van der Waals surface area contributed by atoms with Crippen molar-refractivity contribution in [3.8, 4) is 0 Å². The Morgan fingerprint density at radius 3 is 1.84 bits per heavy atom. The number of carbonyl (C=O) groups is 1. The molecule has 4 aliphatic carbocycles. The Balaban J connectivity index is 0.000000337. The first kappa shape index (κ1) is 25.1. The molecule has 2 unspecified atom stereocenters. The van der Waals surface area contributed by atoms with Crippen LogP contribution >= 0.6 is 0 Å². The first-order chi connectivity index (χ1) is 18.2. The summed E-state index contributed by atoms with van der Waals surface area (Å²) in [5.74, 6) is 3.02. The van der Waals surface area contributed by atoms with Gasteiger partial charge in [0, 0.05) is 17.8 Å². The van der Waals surface area contributed by atoms with Crippen molar-refractivity contribution in [3.63, 3.8) is 0 Å². The molecule has 3 aromatic rings. The first-order valence-electron chi connectivity index (χ1n) is 13.6. The summed E-state index contributed by atoms with van der Waals surface area (Å²) in [6.45, 7) is 0. The molecule has 0 radical (unpaired) electrons. The molecule has 0 amide bonds. The Morgan fingerprint density at radius 2 is 1.34 bits per heavy atom. The fraction of sp³-hybridized carbons (Fsp3) is 0.500. The number of carboxylic acid groups (broad SMARTS) is 1. The third-order valence-corrected chi connectivity index (χ3v) is 9.23. The molecule has 38 heavy (non-hydrogen) atoms. The van der Waals surface area contributed by atoms with Gasteiger partial charge in [0.15, 0.2) is 0 Å². The average molecular weight is 524 g/mol. The maximum Gasteiger partial charge on any atom is 0.490 e. The van der Waals surface area contributed by atoms with Crippen LogP contribution in [0.3, 0.4) is 0 Å². The largest absolute Gasteiger partial charge is 0.490 e. The lowest BCUT2D eigenvalue weighted by molar-refractivity contribution is -0.192. The van der Waals surface area contributed by atoms with E-state index in [0.29, 0.717) is 12.0 Å². The lowest BCUT2D eigenvalue weighted by Crippen LogP contribution is -2.50. The summed E-state index contributed by atoms with van der Waals surface area (Å²) < 4.78 is 34.4. The van der Waals surface area contributed by atoms with Crippen molar-refractivity contribution in [3.05, 3.63) is 83.4 Å². The average Bonchev–Trinajstić information content (AvgIpc) is 3.33. The van der Waals surface area contributed by atoms with Crippen LogP contribution in [0.15, 0.2) is 60.7 Å². The van der Waals surface area contributed by atoms with Gasteiger partial charge in [0.1, 0.15) is 11.6 Å². The summed E-state index contributed by atoms with van der Waals surface area (Å²) in [7, 11) is 0. The van der Waals surface area contributed by atoms with E-state index in [-0.39, 0.29) is 5.41 Å². The van der Waals surface area contributed by atoms with Gasteiger partial charge in [-0.25, -0.2) is 4.79 Å². The third-order valence-electron chi connectivity index (χ3n) is 9.23. The number of nitrogens with zero attached hydrogens (tertiary/aromatic N) is 3. The second-order valence-electron chi connectivity index (χ2n) is 11.7. The summed E-state index contributed by atoms with van der Waals surface area (Å²) in [4.78, 5) is 8.90. The lowest BCUT2D eigenvalue weighted by atomic mass is 9.49. The molecule has 8 rings (SSSR count). The van der Waals surface area contributed by atoms with E-state index in [1.807, 2.05) is 0 Å². The molecule has 0 saturated heterocycles. The van der Waals surface area contributed by atoms with Crippen LogP contribution in [0.4, 0.5) is 13.2 Å². The summed E-state index contributed by atoms with van der Waals surface area (Å²) in [5.41, 5.74) is 3.13. The molecule has 0 spiro atoms. The molecule has 2 atom stereocenters. The highest BCUT2D eigenvalue weighted by Gasteiger charge is 2.55. The number of hydrogen-bond acceptors (Lipinski definition) is 3. The van der Waals surface area contributed by atoms with Crippen molar-refractivity contribution in [2.75, 3.05) is 0 Å². The number of benzene rings is 2. The topological polar surface area (TPSA) is 68.0 Å². The highest BCUT2D eigenvalue weighted by atomic mass is 19.4. The minimum absolute atomic E-state index is 0.269.